The normalized spacial score (nSPS) is 10.5. The Morgan fingerprint density at radius 3 is 1.54 bits per heavy atom. The van der Waals surface area contributed by atoms with E-state index in [9.17, 15) is 46.0 Å². The lowest BCUT2D eigenvalue weighted by molar-refractivity contribution is 0.100. The van der Waals surface area contributed by atoms with E-state index >= 15 is 0 Å². The standard InChI is InChI=1S/C20H13ClF3NO.C14H12BF2NO3.C6H3BrClF/c21-16-10-9-12(11-17(16)22)13-5-3-4-8-18(13)25-20(26)15-7-2-1-6-14(15)19(23)24;16-13(17)9-5-1-2-6-10(9)14(19)18-12-8-4-3-7-11(12)15(20)21;7-4-1-2-5(8)6(9)3-4/h1-11,19H,(H,25,26);1-8,13,20-21H,(H,18,19);1-3H. The van der Waals surface area contributed by atoms with E-state index in [1.165, 1.54) is 84.9 Å². The van der Waals surface area contributed by atoms with Crippen LogP contribution in [0.1, 0.15) is 44.7 Å². The molecule has 0 aliphatic rings. The first-order valence-electron chi connectivity index (χ1n) is 16.1. The number of carbonyl (C=O) groups is 2. The van der Waals surface area contributed by atoms with Gasteiger partial charge in [0.05, 0.1) is 10.0 Å². The fourth-order valence-electron chi connectivity index (χ4n) is 4.98. The van der Waals surface area contributed by atoms with Crippen molar-refractivity contribution in [2.24, 2.45) is 0 Å². The molecule has 0 unspecified atom stereocenters. The van der Waals surface area contributed by atoms with Crippen LogP contribution in [0.5, 0.6) is 0 Å². The minimum atomic E-state index is -2.77. The molecule has 0 aromatic heterocycles. The average molecular weight is 876 g/mol. The van der Waals surface area contributed by atoms with E-state index in [1.54, 1.807) is 48.5 Å². The number of amides is 2. The zero-order valence-corrected chi connectivity index (χ0v) is 31.6. The molecule has 6 aromatic carbocycles. The quantitative estimate of drug-likeness (QED) is 0.0695. The molecule has 0 fully saturated rings. The van der Waals surface area contributed by atoms with Crippen LogP contribution in [0.3, 0.4) is 0 Å². The molecular weight excluding hydrogens is 848 g/mol. The molecule has 0 bridgehead atoms. The topological polar surface area (TPSA) is 98.7 Å². The molecule has 4 N–H and O–H groups in total. The smallest absolute Gasteiger partial charge is 0.423 e. The number of nitrogens with one attached hydrogen (secondary N) is 2. The van der Waals surface area contributed by atoms with Gasteiger partial charge in [-0.1, -0.05) is 118 Å². The van der Waals surface area contributed by atoms with Gasteiger partial charge in [-0.3, -0.25) is 9.59 Å². The third-order valence-electron chi connectivity index (χ3n) is 7.66. The summed E-state index contributed by atoms with van der Waals surface area (Å²) in [5.41, 5.74) is 0.674. The average Bonchev–Trinajstić information content (AvgIpc) is 3.18. The Morgan fingerprint density at radius 1 is 0.589 bits per heavy atom. The molecule has 6 rings (SSSR count). The van der Waals surface area contributed by atoms with Crippen LogP contribution in [0.25, 0.3) is 11.1 Å². The predicted octanol–water partition coefficient (Wildman–Crippen LogP) is 11.1. The van der Waals surface area contributed by atoms with Crippen molar-refractivity contribution in [2.45, 2.75) is 12.9 Å². The molecule has 0 spiro atoms. The van der Waals surface area contributed by atoms with Crippen LogP contribution in [-0.2, 0) is 0 Å². The molecular formula is C40H28BBrCl2F6N2O4. The zero-order chi connectivity index (χ0) is 40.9. The Balaban J connectivity index is 0.000000207. The number of rotatable bonds is 8. The van der Waals surface area contributed by atoms with Gasteiger partial charge in [0.1, 0.15) is 11.6 Å². The van der Waals surface area contributed by atoms with Crippen LogP contribution in [0.4, 0.5) is 37.7 Å². The number of hydrogen-bond acceptors (Lipinski definition) is 4. The Labute approximate surface area is 336 Å². The summed E-state index contributed by atoms with van der Waals surface area (Å²) in [5.74, 6) is -2.39. The molecule has 0 aliphatic carbocycles. The second kappa shape index (κ2) is 20.7. The maximum Gasteiger partial charge on any atom is 0.490 e. The lowest BCUT2D eigenvalue weighted by Gasteiger charge is -2.13. The number of alkyl halides is 4. The maximum atomic E-state index is 13.8. The Kier molecular flexibility index (Phi) is 16.1. The Morgan fingerprint density at radius 2 is 1.04 bits per heavy atom. The van der Waals surface area contributed by atoms with Crippen LogP contribution in [0, 0.1) is 11.6 Å². The molecule has 0 heterocycles. The number of hydrogen-bond donors (Lipinski definition) is 4. The first-order valence-corrected chi connectivity index (χ1v) is 17.7. The van der Waals surface area contributed by atoms with Crippen LogP contribution < -0.4 is 16.1 Å². The van der Waals surface area contributed by atoms with Gasteiger partial charge in [-0.15, -0.1) is 0 Å². The van der Waals surface area contributed by atoms with Gasteiger partial charge in [0.25, 0.3) is 24.7 Å². The Hall–Kier alpha value is -5.12. The molecule has 0 saturated carbocycles. The minimum absolute atomic E-state index is 0.0128. The van der Waals surface area contributed by atoms with Gasteiger partial charge in [0.15, 0.2) is 0 Å². The molecule has 288 valence electrons. The van der Waals surface area contributed by atoms with E-state index in [4.69, 9.17) is 23.2 Å². The van der Waals surface area contributed by atoms with Crippen molar-refractivity contribution in [3.05, 3.63) is 182 Å². The van der Waals surface area contributed by atoms with Gasteiger partial charge in [-0.2, -0.15) is 0 Å². The van der Waals surface area contributed by atoms with Crippen molar-refractivity contribution in [3.63, 3.8) is 0 Å². The second-order valence-electron chi connectivity index (χ2n) is 11.4. The van der Waals surface area contributed by atoms with E-state index in [0.29, 0.717) is 21.3 Å². The van der Waals surface area contributed by atoms with Gasteiger partial charge in [-0.05, 0) is 60.2 Å². The van der Waals surface area contributed by atoms with Crippen LogP contribution in [-0.4, -0.2) is 29.0 Å². The number of anilines is 2. The summed E-state index contributed by atoms with van der Waals surface area (Å²) in [7, 11) is -1.77. The largest absolute Gasteiger partial charge is 0.490 e. The van der Waals surface area contributed by atoms with Crippen molar-refractivity contribution in [2.75, 3.05) is 10.6 Å². The highest BCUT2D eigenvalue weighted by Crippen LogP contribution is 2.31. The van der Waals surface area contributed by atoms with Crippen LogP contribution in [0.15, 0.2) is 138 Å². The molecule has 2 amide bonds. The number of para-hydroxylation sites is 2. The SMILES string of the molecule is Fc1cc(Br)ccc1Cl.O=C(Nc1ccccc1-c1ccc(Cl)c(F)c1)c1ccccc1C(F)F.O=C(Nc1ccccc1B(O)O)c1ccccc1C(F)F. The highest BCUT2D eigenvalue weighted by molar-refractivity contribution is 9.10. The van der Waals surface area contributed by atoms with Gasteiger partial charge in [0, 0.05) is 49.1 Å². The molecule has 16 heteroatoms. The van der Waals surface area contributed by atoms with Crippen LogP contribution in [0.2, 0.25) is 10.0 Å². The summed E-state index contributed by atoms with van der Waals surface area (Å²) in [4.78, 5) is 24.6. The fourth-order valence-corrected chi connectivity index (χ4v) is 5.55. The van der Waals surface area contributed by atoms with E-state index < -0.39 is 43.4 Å². The lowest BCUT2D eigenvalue weighted by Crippen LogP contribution is -2.33. The fraction of sp³-hybridized carbons (Fsp3) is 0.0500. The van der Waals surface area contributed by atoms with Crippen molar-refractivity contribution >= 4 is 74.9 Å². The molecule has 6 aromatic rings. The molecule has 0 atom stereocenters. The monoisotopic (exact) mass is 874 g/mol. The third kappa shape index (κ3) is 11.9. The highest BCUT2D eigenvalue weighted by Gasteiger charge is 2.22. The number of halogens is 9. The number of benzene rings is 6. The minimum Gasteiger partial charge on any atom is -0.423 e. The van der Waals surface area contributed by atoms with E-state index in [0.717, 1.165) is 0 Å². The van der Waals surface area contributed by atoms with Crippen molar-refractivity contribution < 1.29 is 46.0 Å². The predicted molar refractivity (Wildman–Crippen MR) is 211 cm³/mol. The van der Waals surface area contributed by atoms with Crippen molar-refractivity contribution in [1.82, 2.24) is 0 Å². The van der Waals surface area contributed by atoms with Crippen molar-refractivity contribution in [1.29, 1.82) is 0 Å². The summed E-state index contributed by atoms with van der Waals surface area (Å²) in [6, 6.07) is 32.4. The molecule has 0 saturated heterocycles. The molecule has 6 nitrogen and oxygen atoms in total. The maximum absolute atomic E-state index is 13.8. The first-order chi connectivity index (χ1) is 26.7. The van der Waals surface area contributed by atoms with Gasteiger partial charge in [0.2, 0.25) is 0 Å². The van der Waals surface area contributed by atoms with E-state index in [1.807, 2.05) is 0 Å². The summed E-state index contributed by atoms with van der Waals surface area (Å²) < 4.78 is 78.9. The third-order valence-corrected chi connectivity index (χ3v) is 8.76. The molecule has 0 aliphatic heterocycles. The first kappa shape index (κ1) is 43.6. The van der Waals surface area contributed by atoms with Gasteiger partial charge < -0.3 is 20.7 Å². The highest BCUT2D eigenvalue weighted by atomic mass is 79.9. The zero-order valence-electron chi connectivity index (χ0n) is 28.5. The summed E-state index contributed by atoms with van der Waals surface area (Å²) in [6.45, 7) is 0. The van der Waals surface area contributed by atoms with Crippen LogP contribution >= 0.6 is 39.1 Å². The number of carbonyl (C=O) groups excluding carboxylic acids is 2. The lowest BCUT2D eigenvalue weighted by atomic mass is 9.79. The van der Waals surface area contributed by atoms with E-state index in [-0.39, 0.29) is 43.4 Å². The van der Waals surface area contributed by atoms with Gasteiger partial charge >= 0.3 is 7.12 Å². The molecule has 0 radical (unpaired) electrons. The summed E-state index contributed by atoms with van der Waals surface area (Å²) in [6.07, 6.45) is -5.54. The van der Waals surface area contributed by atoms with E-state index in [2.05, 4.69) is 26.6 Å². The summed E-state index contributed by atoms with van der Waals surface area (Å²) >= 11 is 14.2. The second-order valence-corrected chi connectivity index (χ2v) is 13.1. The molecule has 56 heavy (non-hydrogen) atoms. The van der Waals surface area contributed by atoms with Gasteiger partial charge in [-0.25, -0.2) is 26.3 Å². The summed E-state index contributed by atoms with van der Waals surface area (Å²) in [5, 5.41) is 23.6. The van der Waals surface area contributed by atoms with Crippen molar-refractivity contribution in [3.8, 4) is 11.1 Å². The Bertz CT molecular complexity index is 2300.